The second kappa shape index (κ2) is 7.21. The maximum absolute atomic E-state index is 13.1. The molecule has 1 saturated heterocycles. The molecular formula is C18H16Cl2F2N4O3. The molecule has 1 aliphatic carbocycles. The van der Waals surface area contributed by atoms with Crippen molar-refractivity contribution in [3.8, 4) is 5.69 Å². The summed E-state index contributed by atoms with van der Waals surface area (Å²) < 4.78 is 27.2. The molecule has 1 aromatic heterocycles. The number of hydrogen-bond acceptors (Lipinski definition) is 4. The normalized spacial score (nSPS) is 21.9. The number of amides is 2. The number of carbonyl (C=O) groups excluding carboxylic acids is 2. The van der Waals surface area contributed by atoms with E-state index in [1.807, 2.05) is 0 Å². The number of carbonyl (C=O) groups is 2. The van der Waals surface area contributed by atoms with Gasteiger partial charge in [-0.25, -0.2) is 14.3 Å². The Bertz CT molecular complexity index is 1060. The molecule has 11 heteroatoms. The number of fused-ring (bicyclic) bond motifs is 1. The highest BCUT2D eigenvalue weighted by molar-refractivity contribution is 6.39. The molecule has 0 bridgehead atoms. The summed E-state index contributed by atoms with van der Waals surface area (Å²) in [4.78, 5) is 39.2. The molecule has 2 aromatic rings. The molecule has 154 valence electrons. The number of aryl methyl sites for hydroxylation is 1. The van der Waals surface area contributed by atoms with Crippen LogP contribution in [0.25, 0.3) is 5.69 Å². The second-order valence-corrected chi connectivity index (χ2v) is 7.97. The first kappa shape index (κ1) is 20.0. The average molecular weight is 445 g/mol. The van der Waals surface area contributed by atoms with E-state index in [9.17, 15) is 23.2 Å². The van der Waals surface area contributed by atoms with Crippen molar-refractivity contribution in [3.63, 3.8) is 0 Å². The van der Waals surface area contributed by atoms with Gasteiger partial charge in [-0.15, -0.1) is 5.10 Å². The summed E-state index contributed by atoms with van der Waals surface area (Å²) in [5.74, 6) is -1.70. The van der Waals surface area contributed by atoms with E-state index in [1.54, 1.807) is 0 Å². The Morgan fingerprint density at radius 1 is 1.00 bits per heavy atom. The van der Waals surface area contributed by atoms with Crippen LogP contribution in [0.3, 0.4) is 0 Å². The van der Waals surface area contributed by atoms with Crippen LogP contribution in [0, 0.1) is 18.8 Å². The maximum Gasteiger partial charge on any atom is 0.355 e. The van der Waals surface area contributed by atoms with Gasteiger partial charge in [0.25, 0.3) is 0 Å². The number of anilines is 1. The molecule has 2 heterocycles. The van der Waals surface area contributed by atoms with Crippen LogP contribution in [0.4, 0.5) is 14.5 Å². The minimum Gasteiger partial charge on any atom is -0.274 e. The third-order valence-electron chi connectivity index (χ3n) is 5.50. The lowest BCUT2D eigenvalue weighted by Crippen LogP contribution is -2.31. The fourth-order valence-electron chi connectivity index (χ4n) is 4.12. The van der Waals surface area contributed by atoms with Crippen molar-refractivity contribution in [1.82, 2.24) is 14.3 Å². The van der Waals surface area contributed by atoms with E-state index in [-0.39, 0.29) is 43.6 Å². The first-order valence-electron chi connectivity index (χ1n) is 9.06. The summed E-state index contributed by atoms with van der Waals surface area (Å²) in [6.45, 7) is -1.82. The first-order chi connectivity index (χ1) is 13.7. The molecule has 1 saturated carbocycles. The monoisotopic (exact) mass is 444 g/mol. The van der Waals surface area contributed by atoms with E-state index in [4.69, 9.17) is 23.2 Å². The Balaban J connectivity index is 1.84. The van der Waals surface area contributed by atoms with Gasteiger partial charge < -0.3 is 0 Å². The molecule has 0 N–H and O–H groups in total. The van der Waals surface area contributed by atoms with Crippen molar-refractivity contribution in [3.05, 3.63) is 38.5 Å². The number of benzene rings is 1. The molecule has 2 aliphatic rings. The Kier molecular flexibility index (Phi) is 4.98. The van der Waals surface area contributed by atoms with Gasteiger partial charge in [0.2, 0.25) is 11.8 Å². The van der Waals surface area contributed by atoms with Gasteiger partial charge in [-0.3, -0.25) is 9.59 Å². The fraction of sp³-hybridized carbons (Fsp3) is 0.444. The minimum atomic E-state index is -3.08. The molecule has 2 fully saturated rings. The van der Waals surface area contributed by atoms with Crippen LogP contribution in [0.2, 0.25) is 10.0 Å². The zero-order valence-electron chi connectivity index (χ0n) is 15.2. The Morgan fingerprint density at radius 3 is 2.07 bits per heavy atom. The van der Waals surface area contributed by atoms with Crippen LogP contribution >= 0.6 is 23.2 Å². The molecule has 2 atom stereocenters. The van der Waals surface area contributed by atoms with Gasteiger partial charge in [0.05, 0.1) is 33.3 Å². The smallest absolute Gasteiger partial charge is 0.274 e. The molecule has 29 heavy (non-hydrogen) atoms. The number of rotatable bonds is 3. The number of nitrogens with zero attached hydrogens (tertiary/aromatic N) is 4. The second-order valence-electron chi connectivity index (χ2n) is 7.15. The lowest BCUT2D eigenvalue weighted by molar-refractivity contribution is -0.122. The van der Waals surface area contributed by atoms with Gasteiger partial charge in [0.1, 0.15) is 5.82 Å². The minimum absolute atomic E-state index is 0.0312. The van der Waals surface area contributed by atoms with Crippen LogP contribution in [-0.2, 0) is 9.59 Å². The lowest BCUT2D eigenvalue weighted by atomic mass is 9.81. The topological polar surface area (TPSA) is 77.2 Å². The van der Waals surface area contributed by atoms with Gasteiger partial charge in [0.15, 0.2) is 0 Å². The molecule has 2 unspecified atom stereocenters. The fourth-order valence-corrected chi connectivity index (χ4v) is 4.67. The van der Waals surface area contributed by atoms with Crippen LogP contribution < -0.4 is 10.6 Å². The first-order valence-corrected chi connectivity index (χ1v) is 9.81. The summed E-state index contributed by atoms with van der Waals surface area (Å²) in [6.07, 6.45) is 2.99. The molecule has 4 rings (SSSR count). The van der Waals surface area contributed by atoms with Gasteiger partial charge in [-0.2, -0.15) is 13.5 Å². The van der Waals surface area contributed by atoms with Gasteiger partial charge in [-0.1, -0.05) is 36.0 Å². The van der Waals surface area contributed by atoms with E-state index >= 15 is 0 Å². The van der Waals surface area contributed by atoms with E-state index in [0.29, 0.717) is 17.5 Å². The van der Waals surface area contributed by atoms with E-state index in [0.717, 1.165) is 17.7 Å². The van der Waals surface area contributed by atoms with Gasteiger partial charge in [-0.05, 0) is 31.9 Å². The standard InChI is InChI=1S/C18H16Cl2F2N4O3/c1-8-23-26(18(29)24(8)17(21)22)14-7-13(11(19)6-12(14)20)25-15(27)9-4-2-3-5-10(9)16(25)28/h6-7,9-10,17H,2-5H2,1H3. The van der Waals surface area contributed by atoms with Gasteiger partial charge in [0, 0.05) is 0 Å². The van der Waals surface area contributed by atoms with Crippen molar-refractivity contribution >= 4 is 40.7 Å². The largest absolute Gasteiger partial charge is 0.355 e. The quantitative estimate of drug-likeness (QED) is 0.675. The molecule has 1 aliphatic heterocycles. The summed E-state index contributed by atoms with van der Waals surface area (Å²) in [7, 11) is 0. The van der Waals surface area contributed by atoms with E-state index in [1.165, 1.54) is 19.1 Å². The average Bonchev–Trinajstić information content (AvgIpc) is 3.10. The van der Waals surface area contributed by atoms with E-state index < -0.39 is 24.1 Å². The SMILES string of the molecule is Cc1nn(-c2cc(N3C(=O)C4CCCCC4C3=O)c(Cl)cc2Cl)c(=O)n1C(F)F. The summed E-state index contributed by atoms with van der Waals surface area (Å²) >= 11 is 12.4. The predicted molar refractivity (Wildman–Crippen MR) is 102 cm³/mol. The summed E-state index contributed by atoms with van der Waals surface area (Å²) in [5, 5.41) is 3.85. The Hall–Kier alpha value is -2.26. The van der Waals surface area contributed by atoms with Crippen LogP contribution in [0.15, 0.2) is 16.9 Å². The number of hydrogen-bond donors (Lipinski definition) is 0. The Labute approximate surface area is 173 Å². The highest BCUT2D eigenvalue weighted by atomic mass is 35.5. The number of imide groups is 1. The Morgan fingerprint density at radius 2 is 1.55 bits per heavy atom. The molecule has 1 aromatic carbocycles. The maximum atomic E-state index is 13.1. The zero-order valence-corrected chi connectivity index (χ0v) is 16.8. The number of halogens is 4. The lowest BCUT2D eigenvalue weighted by Gasteiger charge is -2.19. The van der Waals surface area contributed by atoms with Crippen molar-refractivity contribution in [2.75, 3.05) is 4.90 Å². The van der Waals surface area contributed by atoms with Crippen molar-refractivity contribution < 1.29 is 18.4 Å². The van der Waals surface area contributed by atoms with Crippen LogP contribution in [0.5, 0.6) is 0 Å². The third kappa shape index (κ3) is 3.07. The van der Waals surface area contributed by atoms with Crippen LogP contribution in [0.1, 0.15) is 38.1 Å². The van der Waals surface area contributed by atoms with Gasteiger partial charge >= 0.3 is 12.2 Å². The highest BCUT2D eigenvalue weighted by Crippen LogP contribution is 2.43. The number of alkyl halides is 2. The molecule has 0 spiro atoms. The van der Waals surface area contributed by atoms with E-state index in [2.05, 4.69) is 5.10 Å². The molecular weight excluding hydrogens is 429 g/mol. The zero-order chi connectivity index (χ0) is 21.0. The van der Waals surface area contributed by atoms with Crippen molar-refractivity contribution in [2.45, 2.75) is 39.2 Å². The predicted octanol–water partition coefficient (Wildman–Crippen LogP) is 3.72. The number of aromatic nitrogens is 3. The highest BCUT2D eigenvalue weighted by Gasteiger charge is 2.49. The van der Waals surface area contributed by atoms with Crippen LogP contribution in [-0.4, -0.2) is 26.2 Å². The third-order valence-corrected chi connectivity index (χ3v) is 6.11. The summed E-state index contributed by atoms with van der Waals surface area (Å²) in [5.41, 5.74) is -1.08. The molecule has 2 amide bonds. The van der Waals surface area contributed by atoms with Crippen molar-refractivity contribution in [2.24, 2.45) is 11.8 Å². The molecule has 0 radical (unpaired) electrons. The molecule has 7 nitrogen and oxygen atoms in total. The van der Waals surface area contributed by atoms with Crippen molar-refractivity contribution in [1.29, 1.82) is 0 Å². The summed E-state index contributed by atoms with van der Waals surface area (Å²) in [6, 6.07) is 2.53.